The molecule has 140 valence electrons. The van der Waals surface area contributed by atoms with Crippen LogP contribution in [0, 0.1) is 0 Å². The van der Waals surface area contributed by atoms with Crippen molar-refractivity contribution in [2.24, 2.45) is 0 Å². The molecule has 0 saturated heterocycles. The molecule has 2 aliphatic rings. The van der Waals surface area contributed by atoms with Crippen molar-refractivity contribution in [2.75, 3.05) is 7.11 Å². The number of benzene rings is 3. The van der Waals surface area contributed by atoms with Crippen molar-refractivity contribution in [3.63, 3.8) is 0 Å². The molecule has 0 spiro atoms. The Kier molecular flexibility index (Phi) is 3.95. The zero-order chi connectivity index (χ0) is 19.3. The number of hydrogen-bond donors (Lipinski definition) is 0. The topological polar surface area (TPSA) is 29.5 Å². The summed E-state index contributed by atoms with van der Waals surface area (Å²) in [6, 6.07) is 23.9. The van der Waals surface area contributed by atoms with Gasteiger partial charge < -0.3 is 9.64 Å². The zero-order valence-corrected chi connectivity index (χ0v) is 16.3. The monoisotopic (exact) mass is 389 g/mol. The molecule has 0 N–H and O–H groups in total. The predicted octanol–water partition coefficient (Wildman–Crippen LogP) is 5.39. The summed E-state index contributed by atoms with van der Waals surface area (Å²) in [7, 11) is 1.66. The normalized spacial score (nSPS) is 22.4. The van der Waals surface area contributed by atoms with Crippen LogP contribution in [0.5, 0.6) is 5.75 Å². The standard InChI is InChI=1S/C24H20ClNO2/c1-28-19-12-6-16(7-13-19)15-26-23(27)21-5-3-2-4-20(21)22-14-24(22,26)17-8-10-18(25)11-9-17/h2-13,22H,14-15H2,1H3/t22-,24+/m1/s1. The third-order valence-corrected chi connectivity index (χ3v) is 6.32. The van der Waals surface area contributed by atoms with E-state index in [1.54, 1.807) is 7.11 Å². The number of nitrogens with zero attached hydrogens (tertiary/aromatic N) is 1. The van der Waals surface area contributed by atoms with Crippen molar-refractivity contribution < 1.29 is 9.53 Å². The van der Waals surface area contributed by atoms with E-state index >= 15 is 0 Å². The predicted molar refractivity (Wildman–Crippen MR) is 110 cm³/mol. The second-order valence-corrected chi connectivity index (χ2v) is 7.95. The molecule has 3 aromatic carbocycles. The fraction of sp³-hybridized carbons (Fsp3) is 0.208. The summed E-state index contributed by atoms with van der Waals surface area (Å²) in [6.07, 6.45) is 0.938. The van der Waals surface area contributed by atoms with Gasteiger partial charge in [0, 0.05) is 23.0 Å². The van der Waals surface area contributed by atoms with Crippen molar-refractivity contribution in [1.29, 1.82) is 0 Å². The third kappa shape index (κ3) is 2.54. The van der Waals surface area contributed by atoms with Crippen LogP contribution in [-0.2, 0) is 12.1 Å². The van der Waals surface area contributed by atoms with Crippen molar-refractivity contribution in [2.45, 2.75) is 24.4 Å². The first-order valence-electron chi connectivity index (χ1n) is 9.43. The molecule has 1 aliphatic carbocycles. The number of rotatable bonds is 4. The Morgan fingerprint density at radius 3 is 2.46 bits per heavy atom. The first-order chi connectivity index (χ1) is 13.6. The fourth-order valence-corrected chi connectivity index (χ4v) is 4.71. The van der Waals surface area contributed by atoms with Crippen molar-refractivity contribution in [3.05, 3.63) is 100 Å². The van der Waals surface area contributed by atoms with Crippen LogP contribution >= 0.6 is 11.6 Å². The zero-order valence-electron chi connectivity index (χ0n) is 15.6. The van der Waals surface area contributed by atoms with Gasteiger partial charge in [0.05, 0.1) is 12.6 Å². The van der Waals surface area contributed by atoms with E-state index in [1.165, 1.54) is 0 Å². The first kappa shape index (κ1) is 17.3. The van der Waals surface area contributed by atoms with Crippen LogP contribution in [0.1, 0.15) is 39.4 Å². The number of methoxy groups -OCH3 is 1. The molecule has 1 amide bonds. The molecule has 1 heterocycles. The highest BCUT2D eigenvalue weighted by atomic mass is 35.5. The molecule has 0 radical (unpaired) electrons. The number of halogens is 1. The van der Waals surface area contributed by atoms with Gasteiger partial charge in [0.2, 0.25) is 0 Å². The third-order valence-electron chi connectivity index (χ3n) is 6.07. The molecular formula is C24H20ClNO2. The minimum Gasteiger partial charge on any atom is -0.497 e. The summed E-state index contributed by atoms with van der Waals surface area (Å²) in [4.78, 5) is 15.5. The highest BCUT2D eigenvalue weighted by Gasteiger charge is 2.64. The van der Waals surface area contributed by atoms with Crippen LogP contribution in [0.2, 0.25) is 5.02 Å². The highest BCUT2D eigenvalue weighted by Crippen LogP contribution is 2.65. The van der Waals surface area contributed by atoms with E-state index in [0.29, 0.717) is 17.5 Å². The second-order valence-electron chi connectivity index (χ2n) is 7.51. The first-order valence-corrected chi connectivity index (χ1v) is 9.81. The van der Waals surface area contributed by atoms with E-state index in [1.807, 2.05) is 59.5 Å². The van der Waals surface area contributed by atoms with Crippen LogP contribution < -0.4 is 4.74 Å². The Balaban J connectivity index is 1.59. The molecule has 3 nitrogen and oxygen atoms in total. The average molecular weight is 390 g/mol. The number of amides is 1. The van der Waals surface area contributed by atoms with Crippen LogP contribution in [0.3, 0.4) is 0 Å². The highest BCUT2D eigenvalue weighted by molar-refractivity contribution is 6.30. The smallest absolute Gasteiger partial charge is 0.255 e. The van der Waals surface area contributed by atoms with Gasteiger partial charge in [-0.3, -0.25) is 4.79 Å². The van der Waals surface area contributed by atoms with E-state index in [-0.39, 0.29) is 11.4 Å². The number of fused-ring (bicyclic) bond motifs is 3. The summed E-state index contributed by atoms with van der Waals surface area (Å²) in [5, 5.41) is 0.710. The van der Waals surface area contributed by atoms with Crippen LogP contribution in [0.4, 0.5) is 0 Å². The SMILES string of the molecule is COc1ccc(CN2C(=O)c3ccccc3[C@H]3C[C@]32c2ccc(Cl)cc2)cc1. The molecule has 0 unspecified atom stereocenters. The Morgan fingerprint density at radius 2 is 1.75 bits per heavy atom. The average Bonchev–Trinajstić information content (AvgIpc) is 3.49. The van der Waals surface area contributed by atoms with Gasteiger partial charge in [0.25, 0.3) is 5.91 Å². The Labute approximate surface area is 169 Å². The molecule has 0 aromatic heterocycles. The maximum absolute atomic E-state index is 13.5. The van der Waals surface area contributed by atoms with Gasteiger partial charge in [-0.05, 0) is 53.4 Å². The lowest BCUT2D eigenvalue weighted by Crippen LogP contribution is -2.44. The maximum atomic E-state index is 13.5. The summed E-state index contributed by atoms with van der Waals surface area (Å²) in [5.41, 5.74) is 3.93. The fourth-order valence-electron chi connectivity index (χ4n) is 4.58. The molecule has 2 atom stereocenters. The van der Waals surface area contributed by atoms with Crippen LogP contribution in [0.25, 0.3) is 0 Å². The molecule has 5 rings (SSSR count). The van der Waals surface area contributed by atoms with Crippen molar-refractivity contribution in [3.8, 4) is 5.75 Å². The molecule has 1 saturated carbocycles. The van der Waals surface area contributed by atoms with Crippen LogP contribution in [0.15, 0.2) is 72.8 Å². The molecule has 1 aliphatic heterocycles. The number of hydrogen-bond acceptors (Lipinski definition) is 2. The minimum absolute atomic E-state index is 0.0927. The lowest BCUT2D eigenvalue weighted by Gasteiger charge is -2.38. The Hall–Kier alpha value is -2.78. The Morgan fingerprint density at radius 1 is 1.04 bits per heavy atom. The molecule has 3 aromatic rings. The number of carbonyl (C=O) groups is 1. The lowest BCUT2D eigenvalue weighted by atomic mass is 9.89. The van der Waals surface area contributed by atoms with E-state index < -0.39 is 0 Å². The summed E-state index contributed by atoms with van der Waals surface area (Å²) in [5.74, 6) is 1.23. The van der Waals surface area contributed by atoms with E-state index in [0.717, 1.165) is 34.4 Å². The molecule has 4 heteroatoms. The molecule has 1 fully saturated rings. The van der Waals surface area contributed by atoms with Gasteiger partial charge in [0.15, 0.2) is 0 Å². The number of carbonyl (C=O) groups excluding carboxylic acids is 1. The molecule has 0 bridgehead atoms. The van der Waals surface area contributed by atoms with Gasteiger partial charge in [-0.1, -0.05) is 54.1 Å². The van der Waals surface area contributed by atoms with Gasteiger partial charge in [-0.2, -0.15) is 0 Å². The van der Waals surface area contributed by atoms with E-state index in [9.17, 15) is 4.79 Å². The van der Waals surface area contributed by atoms with Crippen molar-refractivity contribution in [1.82, 2.24) is 4.90 Å². The quantitative estimate of drug-likeness (QED) is 0.599. The summed E-state index contributed by atoms with van der Waals surface area (Å²) >= 11 is 6.12. The largest absolute Gasteiger partial charge is 0.497 e. The lowest BCUT2D eigenvalue weighted by molar-refractivity contribution is 0.0592. The summed E-state index contributed by atoms with van der Waals surface area (Å²) in [6.45, 7) is 0.566. The van der Waals surface area contributed by atoms with Crippen LogP contribution in [-0.4, -0.2) is 17.9 Å². The Bertz CT molecular complexity index is 1040. The molecule has 28 heavy (non-hydrogen) atoms. The summed E-state index contributed by atoms with van der Waals surface area (Å²) < 4.78 is 5.26. The van der Waals surface area contributed by atoms with Gasteiger partial charge in [-0.15, -0.1) is 0 Å². The second kappa shape index (κ2) is 6.39. The van der Waals surface area contributed by atoms with E-state index in [4.69, 9.17) is 16.3 Å². The minimum atomic E-state index is -0.296. The van der Waals surface area contributed by atoms with Gasteiger partial charge in [0.1, 0.15) is 5.75 Å². The maximum Gasteiger partial charge on any atom is 0.255 e. The molecular weight excluding hydrogens is 370 g/mol. The van der Waals surface area contributed by atoms with Crippen molar-refractivity contribution >= 4 is 17.5 Å². The van der Waals surface area contributed by atoms with E-state index in [2.05, 4.69) is 18.2 Å². The number of ether oxygens (including phenoxy) is 1. The van der Waals surface area contributed by atoms with Gasteiger partial charge >= 0.3 is 0 Å². The van der Waals surface area contributed by atoms with Gasteiger partial charge in [-0.25, -0.2) is 0 Å².